The Morgan fingerprint density at radius 1 is 1.05 bits per heavy atom. The van der Waals surface area contributed by atoms with E-state index >= 15 is 0 Å². The lowest BCUT2D eigenvalue weighted by molar-refractivity contribution is 0.365. The summed E-state index contributed by atoms with van der Waals surface area (Å²) in [7, 11) is 0. The molecule has 96 valence electrons. The molecule has 19 heavy (non-hydrogen) atoms. The highest BCUT2D eigenvalue weighted by Gasteiger charge is 2.10. The molecule has 0 heterocycles. The zero-order valence-corrected chi connectivity index (χ0v) is 10.1. The van der Waals surface area contributed by atoms with E-state index in [1.54, 1.807) is 6.07 Å². The fraction of sp³-hybridized carbons (Fsp3) is 0.0667. The molecule has 0 aromatic heterocycles. The molecule has 0 bridgehead atoms. The van der Waals surface area contributed by atoms with Gasteiger partial charge < -0.3 is 20.6 Å². The summed E-state index contributed by atoms with van der Waals surface area (Å²) in [5, 5.41) is 31.4. The predicted octanol–water partition coefficient (Wildman–Crippen LogP) is 2.40. The maximum atomic E-state index is 9.67. The first-order valence-electron chi connectivity index (χ1n) is 5.65. The molecule has 0 amide bonds. The van der Waals surface area contributed by atoms with Crippen LogP contribution in [0.25, 0.3) is 0 Å². The highest BCUT2D eigenvalue weighted by Crippen LogP contribution is 2.37. The van der Waals surface area contributed by atoms with E-state index in [-0.39, 0.29) is 11.5 Å². The van der Waals surface area contributed by atoms with Crippen molar-refractivity contribution in [3.8, 4) is 29.6 Å². The predicted molar refractivity (Wildman–Crippen MR) is 73.1 cm³/mol. The molecular weight excluding hydrogens is 242 g/mol. The second-order valence-electron chi connectivity index (χ2n) is 4.02. The van der Waals surface area contributed by atoms with Gasteiger partial charge in [-0.05, 0) is 30.3 Å². The first-order chi connectivity index (χ1) is 9.11. The maximum Gasteiger partial charge on any atom is 0.200 e. The van der Waals surface area contributed by atoms with Gasteiger partial charge in [0, 0.05) is 23.4 Å². The molecule has 2 rings (SSSR count). The van der Waals surface area contributed by atoms with E-state index in [9.17, 15) is 15.3 Å². The quantitative estimate of drug-likeness (QED) is 0.502. The van der Waals surface area contributed by atoms with Crippen molar-refractivity contribution in [1.82, 2.24) is 0 Å². The van der Waals surface area contributed by atoms with Crippen LogP contribution in [0, 0.1) is 12.3 Å². The molecule has 4 heteroatoms. The summed E-state index contributed by atoms with van der Waals surface area (Å²) >= 11 is 0. The number of phenolic OH excluding ortho intramolecular Hbond substituents is 3. The van der Waals surface area contributed by atoms with Gasteiger partial charge in [0.15, 0.2) is 11.5 Å². The Kier molecular flexibility index (Phi) is 3.48. The average Bonchev–Trinajstić information content (AvgIpc) is 2.44. The minimum atomic E-state index is -0.517. The zero-order valence-electron chi connectivity index (χ0n) is 10.1. The number of nitrogens with one attached hydrogen (secondary N) is 1. The molecule has 0 spiro atoms. The van der Waals surface area contributed by atoms with E-state index in [0.29, 0.717) is 12.1 Å². The number of terminal acetylenes is 1. The van der Waals surface area contributed by atoms with E-state index < -0.39 is 5.75 Å². The third-order valence-corrected chi connectivity index (χ3v) is 2.73. The van der Waals surface area contributed by atoms with Crippen molar-refractivity contribution in [3.63, 3.8) is 0 Å². The lowest BCUT2D eigenvalue weighted by Gasteiger charge is -2.10. The summed E-state index contributed by atoms with van der Waals surface area (Å²) in [4.78, 5) is 0. The van der Waals surface area contributed by atoms with Crippen LogP contribution in [-0.2, 0) is 6.54 Å². The summed E-state index contributed by atoms with van der Waals surface area (Å²) in [5.74, 6) is 1.33. The van der Waals surface area contributed by atoms with E-state index in [0.717, 1.165) is 11.3 Å². The van der Waals surface area contributed by atoms with Gasteiger partial charge in [-0.3, -0.25) is 0 Å². The minimum Gasteiger partial charge on any atom is -0.504 e. The normalized spacial score (nSPS) is 9.84. The van der Waals surface area contributed by atoms with Crippen molar-refractivity contribution in [2.24, 2.45) is 0 Å². The molecule has 0 aliphatic carbocycles. The Hall–Kier alpha value is -2.80. The molecule has 0 saturated carbocycles. The average molecular weight is 255 g/mol. The van der Waals surface area contributed by atoms with Gasteiger partial charge in [0.1, 0.15) is 0 Å². The van der Waals surface area contributed by atoms with Gasteiger partial charge >= 0.3 is 0 Å². The van der Waals surface area contributed by atoms with E-state index in [1.807, 2.05) is 18.2 Å². The van der Waals surface area contributed by atoms with Gasteiger partial charge in [0.25, 0.3) is 0 Å². The monoisotopic (exact) mass is 255 g/mol. The largest absolute Gasteiger partial charge is 0.504 e. The summed E-state index contributed by atoms with van der Waals surface area (Å²) in [6, 6.07) is 10.1. The SMILES string of the molecule is C#Cc1cccc(NCc2ccc(O)c(O)c2O)c1. The first-order valence-corrected chi connectivity index (χ1v) is 5.65. The second-order valence-corrected chi connectivity index (χ2v) is 4.02. The number of benzene rings is 2. The molecule has 0 aliphatic heterocycles. The van der Waals surface area contributed by atoms with E-state index in [2.05, 4.69) is 11.2 Å². The Morgan fingerprint density at radius 2 is 1.84 bits per heavy atom. The van der Waals surface area contributed by atoms with Crippen molar-refractivity contribution in [3.05, 3.63) is 47.5 Å². The molecule has 2 aromatic carbocycles. The summed E-state index contributed by atoms with van der Waals surface area (Å²) < 4.78 is 0. The van der Waals surface area contributed by atoms with Crippen LogP contribution >= 0.6 is 0 Å². The minimum absolute atomic E-state index is 0.299. The fourth-order valence-corrected chi connectivity index (χ4v) is 1.67. The molecule has 4 nitrogen and oxygen atoms in total. The molecule has 0 unspecified atom stereocenters. The van der Waals surface area contributed by atoms with Crippen molar-refractivity contribution in [2.45, 2.75) is 6.54 Å². The van der Waals surface area contributed by atoms with Gasteiger partial charge in [-0.2, -0.15) is 0 Å². The van der Waals surface area contributed by atoms with Gasteiger partial charge in [0.05, 0.1) is 0 Å². The Balaban J connectivity index is 2.15. The van der Waals surface area contributed by atoms with Crippen LogP contribution in [0.5, 0.6) is 17.2 Å². The highest BCUT2D eigenvalue weighted by molar-refractivity contribution is 5.55. The molecule has 0 fully saturated rings. The number of hydrogen-bond donors (Lipinski definition) is 4. The van der Waals surface area contributed by atoms with Gasteiger partial charge in [-0.25, -0.2) is 0 Å². The lowest BCUT2D eigenvalue weighted by Crippen LogP contribution is -1.99. The third kappa shape index (κ3) is 2.72. The molecule has 0 radical (unpaired) electrons. The standard InChI is InChI=1S/C15H13NO3/c1-2-10-4-3-5-12(8-10)16-9-11-6-7-13(17)15(19)14(11)18/h1,3-8,16-19H,9H2. The number of hydrogen-bond acceptors (Lipinski definition) is 4. The molecule has 0 saturated heterocycles. The zero-order chi connectivity index (χ0) is 13.8. The first kappa shape index (κ1) is 12.7. The fourth-order valence-electron chi connectivity index (χ4n) is 1.67. The van der Waals surface area contributed by atoms with Crippen LogP contribution in [-0.4, -0.2) is 15.3 Å². The number of rotatable bonds is 3. The van der Waals surface area contributed by atoms with Crippen molar-refractivity contribution >= 4 is 5.69 Å². The van der Waals surface area contributed by atoms with Gasteiger partial charge in [-0.15, -0.1) is 6.42 Å². The molecule has 0 aliphatic rings. The number of anilines is 1. The van der Waals surface area contributed by atoms with Crippen LogP contribution < -0.4 is 5.32 Å². The Morgan fingerprint density at radius 3 is 2.58 bits per heavy atom. The van der Waals surface area contributed by atoms with Crippen molar-refractivity contribution in [2.75, 3.05) is 5.32 Å². The van der Waals surface area contributed by atoms with Crippen LogP contribution in [0.2, 0.25) is 0 Å². The van der Waals surface area contributed by atoms with Crippen molar-refractivity contribution < 1.29 is 15.3 Å². The summed E-state index contributed by atoms with van der Waals surface area (Å²) in [6.45, 7) is 0.299. The van der Waals surface area contributed by atoms with Gasteiger partial charge in [-0.1, -0.05) is 12.0 Å². The van der Waals surface area contributed by atoms with Gasteiger partial charge in [0.2, 0.25) is 5.75 Å². The number of phenols is 3. The highest BCUT2D eigenvalue weighted by atomic mass is 16.3. The lowest BCUT2D eigenvalue weighted by atomic mass is 10.1. The summed E-state index contributed by atoms with van der Waals surface area (Å²) in [5.41, 5.74) is 2.03. The molecule has 2 aromatic rings. The van der Waals surface area contributed by atoms with Crippen molar-refractivity contribution in [1.29, 1.82) is 0 Å². The summed E-state index contributed by atoms with van der Waals surface area (Å²) in [6.07, 6.45) is 5.31. The van der Waals surface area contributed by atoms with Crippen LogP contribution in [0.1, 0.15) is 11.1 Å². The maximum absolute atomic E-state index is 9.67. The van der Waals surface area contributed by atoms with Crippen LogP contribution in [0.3, 0.4) is 0 Å². The second kappa shape index (κ2) is 5.23. The third-order valence-electron chi connectivity index (χ3n) is 2.73. The van der Waals surface area contributed by atoms with E-state index in [1.165, 1.54) is 12.1 Å². The molecule has 4 N–H and O–H groups in total. The van der Waals surface area contributed by atoms with E-state index in [4.69, 9.17) is 6.42 Å². The number of aromatic hydroxyl groups is 3. The van der Waals surface area contributed by atoms with Crippen LogP contribution in [0.15, 0.2) is 36.4 Å². The molecule has 0 atom stereocenters. The smallest absolute Gasteiger partial charge is 0.200 e. The van der Waals surface area contributed by atoms with Crippen LogP contribution in [0.4, 0.5) is 5.69 Å². The molecular formula is C15H13NO3. The Labute approximate surface area is 111 Å². The Bertz CT molecular complexity index is 644. The topological polar surface area (TPSA) is 72.7 Å².